The number of rotatable bonds is 9. The normalized spacial score (nSPS) is 22.0. The van der Waals surface area contributed by atoms with Crippen LogP contribution in [0.2, 0.25) is 0 Å². The SMILES string of the molecule is C=CCOC(=O)C1(C)CCCOC1=O.CCC[C@@](C)(CO)CCCO. The lowest BCUT2D eigenvalue weighted by Gasteiger charge is -2.28. The van der Waals surface area contributed by atoms with Gasteiger partial charge in [-0.25, -0.2) is 0 Å². The Balaban J connectivity index is 0.000000477. The van der Waals surface area contributed by atoms with Gasteiger partial charge in [-0.2, -0.15) is 0 Å². The molecule has 25 heavy (non-hydrogen) atoms. The third kappa shape index (κ3) is 8.01. The van der Waals surface area contributed by atoms with E-state index in [4.69, 9.17) is 19.7 Å². The van der Waals surface area contributed by atoms with Crippen molar-refractivity contribution in [3.63, 3.8) is 0 Å². The summed E-state index contributed by atoms with van der Waals surface area (Å²) in [6, 6.07) is 0. The van der Waals surface area contributed by atoms with Crippen molar-refractivity contribution >= 4 is 11.9 Å². The van der Waals surface area contributed by atoms with E-state index in [2.05, 4.69) is 20.4 Å². The molecular weight excluding hydrogens is 324 g/mol. The lowest BCUT2D eigenvalue weighted by molar-refractivity contribution is -0.175. The molecule has 0 radical (unpaired) electrons. The highest BCUT2D eigenvalue weighted by Crippen LogP contribution is 2.30. The van der Waals surface area contributed by atoms with Crippen molar-refractivity contribution in [2.24, 2.45) is 10.8 Å². The van der Waals surface area contributed by atoms with E-state index < -0.39 is 17.4 Å². The Bertz CT molecular complexity index is 422. The van der Waals surface area contributed by atoms with Crippen LogP contribution in [0.5, 0.6) is 0 Å². The highest BCUT2D eigenvalue weighted by atomic mass is 16.6. The van der Waals surface area contributed by atoms with Gasteiger partial charge in [-0.3, -0.25) is 9.59 Å². The molecule has 0 amide bonds. The van der Waals surface area contributed by atoms with Crippen LogP contribution in [0.25, 0.3) is 0 Å². The summed E-state index contributed by atoms with van der Waals surface area (Å²) in [6.07, 6.45) is 6.53. The predicted molar refractivity (Wildman–Crippen MR) is 95.9 cm³/mol. The molecule has 1 unspecified atom stereocenters. The summed E-state index contributed by atoms with van der Waals surface area (Å²) in [5.41, 5.74) is -1.08. The van der Waals surface area contributed by atoms with E-state index in [-0.39, 0.29) is 25.2 Å². The summed E-state index contributed by atoms with van der Waals surface area (Å²) in [5.74, 6) is -1.01. The van der Waals surface area contributed by atoms with Crippen molar-refractivity contribution in [2.75, 3.05) is 26.4 Å². The summed E-state index contributed by atoms with van der Waals surface area (Å²) in [6.45, 7) is 10.2. The summed E-state index contributed by atoms with van der Waals surface area (Å²) >= 11 is 0. The molecule has 0 aromatic carbocycles. The molecule has 1 aliphatic rings. The number of aliphatic hydroxyl groups is 2. The molecule has 0 aliphatic carbocycles. The van der Waals surface area contributed by atoms with Crippen molar-refractivity contribution in [3.8, 4) is 0 Å². The smallest absolute Gasteiger partial charge is 0.323 e. The molecule has 0 bridgehead atoms. The van der Waals surface area contributed by atoms with E-state index in [1.165, 1.54) is 6.08 Å². The monoisotopic (exact) mass is 358 g/mol. The van der Waals surface area contributed by atoms with E-state index >= 15 is 0 Å². The van der Waals surface area contributed by atoms with Crippen molar-refractivity contribution in [1.29, 1.82) is 0 Å². The fourth-order valence-electron chi connectivity index (χ4n) is 2.72. The molecule has 1 saturated heterocycles. The Morgan fingerprint density at radius 1 is 1.44 bits per heavy atom. The average Bonchev–Trinajstić information content (AvgIpc) is 2.61. The summed E-state index contributed by atoms with van der Waals surface area (Å²) < 4.78 is 9.68. The molecule has 6 nitrogen and oxygen atoms in total. The van der Waals surface area contributed by atoms with Gasteiger partial charge in [0.1, 0.15) is 6.61 Å². The summed E-state index contributed by atoms with van der Waals surface area (Å²) in [7, 11) is 0. The van der Waals surface area contributed by atoms with Crippen LogP contribution < -0.4 is 0 Å². The second kappa shape index (κ2) is 12.0. The Hall–Kier alpha value is -1.40. The van der Waals surface area contributed by atoms with Gasteiger partial charge in [0.2, 0.25) is 0 Å². The predicted octanol–water partition coefficient (Wildman–Crippen LogP) is 2.62. The van der Waals surface area contributed by atoms with E-state index in [1.54, 1.807) is 6.92 Å². The molecule has 6 heteroatoms. The minimum Gasteiger partial charge on any atom is -0.465 e. The van der Waals surface area contributed by atoms with Crippen LogP contribution >= 0.6 is 0 Å². The first-order valence-corrected chi connectivity index (χ1v) is 8.96. The maximum Gasteiger partial charge on any atom is 0.323 e. The number of hydrogen-bond acceptors (Lipinski definition) is 6. The quantitative estimate of drug-likeness (QED) is 0.374. The van der Waals surface area contributed by atoms with Crippen LogP contribution in [-0.4, -0.2) is 48.6 Å². The minimum absolute atomic E-state index is 0.0392. The van der Waals surface area contributed by atoms with Crippen LogP contribution in [0.4, 0.5) is 0 Å². The zero-order valence-electron chi connectivity index (χ0n) is 15.9. The molecule has 2 N–H and O–H groups in total. The van der Waals surface area contributed by atoms with Gasteiger partial charge in [0, 0.05) is 13.2 Å². The van der Waals surface area contributed by atoms with Gasteiger partial charge in [0.05, 0.1) is 6.61 Å². The van der Waals surface area contributed by atoms with Gasteiger partial charge in [0.25, 0.3) is 0 Å². The molecule has 0 spiro atoms. The van der Waals surface area contributed by atoms with Crippen molar-refractivity contribution in [2.45, 2.75) is 59.3 Å². The van der Waals surface area contributed by atoms with Gasteiger partial charge >= 0.3 is 11.9 Å². The highest BCUT2D eigenvalue weighted by molar-refractivity contribution is 5.99. The van der Waals surface area contributed by atoms with Crippen LogP contribution in [0.3, 0.4) is 0 Å². The van der Waals surface area contributed by atoms with Crippen molar-refractivity contribution < 1.29 is 29.3 Å². The fraction of sp³-hybridized carbons (Fsp3) is 0.789. The van der Waals surface area contributed by atoms with Gasteiger partial charge in [-0.1, -0.05) is 32.9 Å². The average molecular weight is 358 g/mol. The third-order valence-electron chi connectivity index (χ3n) is 4.46. The maximum absolute atomic E-state index is 11.5. The second-order valence-corrected chi connectivity index (χ2v) is 7.00. The summed E-state index contributed by atoms with van der Waals surface area (Å²) in [5, 5.41) is 17.7. The Kier molecular flexibility index (Phi) is 11.4. The lowest BCUT2D eigenvalue weighted by Crippen LogP contribution is -2.42. The molecule has 146 valence electrons. The second-order valence-electron chi connectivity index (χ2n) is 7.00. The molecule has 1 heterocycles. The van der Waals surface area contributed by atoms with Crippen LogP contribution in [0.15, 0.2) is 12.7 Å². The number of hydrogen-bond donors (Lipinski definition) is 2. The van der Waals surface area contributed by atoms with E-state index in [1.807, 2.05) is 0 Å². The van der Waals surface area contributed by atoms with Gasteiger partial charge in [-0.05, 0) is 44.4 Å². The Labute approximate surface area is 151 Å². The number of cyclic esters (lactones) is 1. The number of carbonyl (C=O) groups excluding carboxylic acids is 2. The molecule has 0 aromatic heterocycles. The van der Waals surface area contributed by atoms with Crippen LogP contribution in [-0.2, 0) is 19.1 Å². The van der Waals surface area contributed by atoms with Crippen LogP contribution in [0, 0.1) is 10.8 Å². The van der Waals surface area contributed by atoms with Gasteiger partial charge < -0.3 is 19.7 Å². The highest BCUT2D eigenvalue weighted by Gasteiger charge is 2.45. The zero-order chi connectivity index (χ0) is 19.3. The number of aliphatic hydroxyl groups excluding tert-OH is 2. The van der Waals surface area contributed by atoms with Crippen LogP contribution in [0.1, 0.15) is 59.3 Å². The third-order valence-corrected chi connectivity index (χ3v) is 4.46. The molecule has 0 saturated carbocycles. The Morgan fingerprint density at radius 2 is 2.12 bits per heavy atom. The van der Waals surface area contributed by atoms with Gasteiger partial charge in [0.15, 0.2) is 5.41 Å². The molecule has 0 aromatic rings. The molecule has 2 atom stereocenters. The number of carbonyl (C=O) groups is 2. The number of ether oxygens (including phenoxy) is 2. The van der Waals surface area contributed by atoms with Crippen molar-refractivity contribution in [1.82, 2.24) is 0 Å². The van der Waals surface area contributed by atoms with E-state index in [9.17, 15) is 9.59 Å². The topological polar surface area (TPSA) is 93.1 Å². The fourth-order valence-corrected chi connectivity index (χ4v) is 2.72. The summed E-state index contributed by atoms with van der Waals surface area (Å²) in [4.78, 5) is 22.9. The maximum atomic E-state index is 11.5. The van der Waals surface area contributed by atoms with E-state index in [0.29, 0.717) is 19.4 Å². The molecule has 1 fully saturated rings. The first-order chi connectivity index (χ1) is 11.8. The standard InChI is InChI=1S/C10H14O4.C9H20O2/c1-3-6-13-8(11)10(2)5-4-7-14-9(10)12;1-3-5-9(2,8-11)6-4-7-10/h3H,1,4-7H2,2H3;10-11H,3-8H2,1-2H3/t;9-/m.1/s1. The molecule has 1 aliphatic heterocycles. The first kappa shape index (κ1) is 23.6. The largest absolute Gasteiger partial charge is 0.465 e. The minimum atomic E-state index is -1.12. The van der Waals surface area contributed by atoms with Crippen molar-refractivity contribution in [3.05, 3.63) is 12.7 Å². The van der Waals surface area contributed by atoms with E-state index in [0.717, 1.165) is 25.7 Å². The first-order valence-electron chi connectivity index (χ1n) is 8.96. The lowest BCUT2D eigenvalue weighted by atomic mass is 9.82. The number of esters is 2. The zero-order valence-corrected chi connectivity index (χ0v) is 15.9. The Morgan fingerprint density at radius 3 is 2.60 bits per heavy atom. The molecule has 1 rings (SSSR count). The molecular formula is C19H34O6. The van der Waals surface area contributed by atoms with Gasteiger partial charge in [-0.15, -0.1) is 0 Å².